The number of nitrogens with zero attached hydrogens (tertiary/aromatic N) is 2. The maximum atomic E-state index is 11.8. The van der Waals surface area contributed by atoms with Crippen LogP contribution < -0.4 is 45.3 Å². The van der Waals surface area contributed by atoms with Gasteiger partial charge in [0.15, 0.2) is 0 Å². The second-order valence-electron chi connectivity index (χ2n) is 3.97. The van der Waals surface area contributed by atoms with E-state index in [9.17, 15) is 29.6 Å². The van der Waals surface area contributed by atoms with Crippen LogP contribution in [-0.4, -0.2) is 28.7 Å². The van der Waals surface area contributed by atoms with Crippen molar-refractivity contribution in [3.05, 3.63) is 34.4 Å². The van der Waals surface area contributed by atoms with Crippen molar-refractivity contribution < 1.29 is 54.0 Å². The van der Waals surface area contributed by atoms with Crippen LogP contribution >= 0.6 is 0 Å². The van der Waals surface area contributed by atoms with Gasteiger partial charge in [0.25, 0.3) is 5.69 Å². The summed E-state index contributed by atoms with van der Waals surface area (Å²) in [7, 11) is 0. The molecule has 2 N–H and O–H groups in total. The molecular formula is C11H7N4NaO6. The number of nitro groups is 1. The Morgan fingerprint density at radius 1 is 1.18 bits per heavy atom. The zero-order valence-electron chi connectivity index (χ0n) is 11.2. The van der Waals surface area contributed by atoms with Gasteiger partial charge >= 0.3 is 35.6 Å². The van der Waals surface area contributed by atoms with Crippen LogP contribution in [0.4, 0.5) is 16.2 Å². The molecule has 4 amide bonds. The molecule has 0 spiro atoms. The fraction of sp³-hybridized carbons (Fsp3) is 0.0909. The first-order valence-electron chi connectivity index (χ1n) is 5.54. The van der Waals surface area contributed by atoms with E-state index in [1.165, 1.54) is 18.2 Å². The van der Waals surface area contributed by atoms with Crippen LogP contribution in [0, 0.1) is 16.0 Å². The van der Waals surface area contributed by atoms with Gasteiger partial charge in [-0.15, -0.1) is 0 Å². The van der Waals surface area contributed by atoms with Gasteiger partial charge in [-0.3, -0.25) is 35.3 Å². The zero-order chi connectivity index (χ0) is 15.6. The van der Waals surface area contributed by atoms with E-state index in [2.05, 4.69) is 4.99 Å². The third kappa shape index (κ3) is 3.87. The first-order valence-corrected chi connectivity index (χ1v) is 5.54. The molecule has 0 atom stereocenters. The van der Waals surface area contributed by atoms with E-state index in [1.54, 1.807) is 10.6 Å². The quantitative estimate of drug-likeness (QED) is 0.145. The number of hydrogen-bond donors (Lipinski definition) is 2. The SMILES string of the molecule is O=C1NC(=O)C(C([O-])=Nc2cccc([N+](=O)[O-])c2)C(=O)N1.[Na+]. The summed E-state index contributed by atoms with van der Waals surface area (Å²) in [4.78, 5) is 47.1. The number of barbiturate groups is 1. The van der Waals surface area contributed by atoms with Gasteiger partial charge in [0.05, 0.1) is 10.6 Å². The van der Waals surface area contributed by atoms with E-state index in [-0.39, 0.29) is 40.9 Å². The first kappa shape index (κ1) is 17.8. The molecule has 1 aromatic carbocycles. The van der Waals surface area contributed by atoms with Gasteiger partial charge in [0.2, 0.25) is 11.8 Å². The Hall–Kier alpha value is -2.30. The topological polar surface area (TPSA) is 154 Å². The van der Waals surface area contributed by atoms with Crippen LogP contribution in [-0.2, 0) is 9.59 Å². The summed E-state index contributed by atoms with van der Waals surface area (Å²) in [5.74, 6) is -5.12. The molecule has 1 saturated heterocycles. The van der Waals surface area contributed by atoms with Crippen molar-refractivity contribution in [3.63, 3.8) is 0 Å². The van der Waals surface area contributed by atoms with E-state index < -0.39 is 34.6 Å². The van der Waals surface area contributed by atoms with E-state index in [0.29, 0.717) is 0 Å². The second-order valence-corrected chi connectivity index (χ2v) is 3.97. The monoisotopic (exact) mass is 314 g/mol. The minimum atomic E-state index is -1.80. The number of hydrogen-bond acceptors (Lipinski definition) is 7. The standard InChI is InChI=1S/C11H8N4O6.Na/c16-8(7-9(17)13-11(19)14-10(7)18)12-5-2-1-3-6(4-5)15(20)21;/h1-4,7H,(H,12,16)(H2,13,14,17,18,19);/q;+1/p-1. The molecule has 1 heterocycles. The number of rotatable bonds is 3. The molecule has 108 valence electrons. The Labute approximate surface area is 145 Å². The number of nitro benzene ring substituents is 1. The van der Waals surface area contributed by atoms with Crippen LogP contribution in [0.25, 0.3) is 0 Å². The normalized spacial score (nSPS) is 15.6. The number of carbonyl (C=O) groups is 3. The number of benzene rings is 1. The van der Waals surface area contributed by atoms with E-state index in [4.69, 9.17) is 0 Å². The number of imide groups is 2. The molecule has 2 rings (SSSR count). The van der Waals surface area contributed by atoms with Crippen LogP contribution in [0.2, 0.25) is 0 Å². The van der Waals surface area contributed by atoms with Crippen molar-refractivity contribution in [3.8, 4) is 0 Å². The fourth-order valence-corrected chi connectivity index (χ4v) is 1.61. The molecule has 11 heteroatoms. The number of carbonyl (C=O) groups excluding carboxylic acids is 3. The summed E-state index contributed by atoms with van der Waals surface area (Å²) in [5.41, 5.74) is -0.372. The summed E-state index contributed by atoms with van der Waals surface area (Å²) in [5, 5.41) is 25.9. The van der Waals surface area contributed by atoms with Crippen molar-refractivity contribution in [2.75, 3.05) is 0 Å². The molecule has 0 saturated carbocycles. The summed E-state index contributed by atoms with van der Waals surface area (Å²) in [6, 6.07) is 3.79. The minimum absolute atomic E-state index is 0. The predicted molar refractivity (Wildman–Crippen MR) is 65.4 cm³/mol. The van der Waals surface area contributed by atoms with Gasteiger partial charge in [0.1, 0.15) is 5.92 Å². The number of non-ortho nitro benzene ring substituents is 1. The van der Waals surface area contributed by atoms with Gasteiger partial charge in [-0.05, 0) is 12.0 Å². The molecular weight excluding hydrogens is 307 g/mol. The smallest absolute Gasteiger partial charge is 0.861 e. The third-order valence-electron chi connectivity index (χ3n) is 2.52. The van der Waals surface area contributed by atoms with Gasteiger partial charge in [0, 0.05) is 12.1 Å². The molecule has 0 aliphatic carbocycles. The average molecular weight is 314 g/mol. The van der Waals surface area contributed by atoms with Crippen molar-refractivity contribution in [1.82, 2.24) is 10.6 Å². The van der Waals surface area contributed by atoms with E-state index >= 15 is 0 Å². The van der Waals surface area contributed by atoms with Gasteiger partial charge < -0.3 is 5.11 Å². The number of amides is 4. The Morgan fingerprint density at radius 2 is 1.77 bits per heavy atom. The summed E-state index contributed by atoms with van der Waals surface area (Å²) in [6.07, 6.45) is 0. The number of nitrogens with one attached hydrogen (secondary N) is 2. The van der Waals surface area contributed by atoms with Crippen molar-refractivity contribution in [1.29, 1.82) is 0 Å². The van der Waals surface area contributed by atoms with Gasteiger partial charge in [-0.1, -0.05) is 6.07 Å². The molecule has 22 heavy (non-hydrogen) atoms. The number of aliphatic imine (C=N–C) groups is 1. The van der Waals surface area contributed by atoms with Gasteiger partial charge in [-0.2, -0.15) is 0 Å². The maximum absolute atomic E-state index is 11.8. The fourth-order valence-electron chi connectivity index (χ4n) is 1.61. The Bertz CT molecular complexity index is 669. The Kier molecular flexibility index (Phi) is 5.74. The molecule has 1 fully saturated rings. The van der Waals surface area contributed by atoms with Crippen molar-refractivity contribution >= 4 is 35.1 Å². The molecule has 1 aliphatic rings. The maximum Gasteiger partial charge on any atom is 1.00 e. The third-order valence-corrected chi connectivity index (χ3v) is 2.52. The molecule has 0 radical (unpaired) electrons. The molecule has 1 aliphatic heterocycles. The molecule has 0 aromatic heterocycles. The average Bonchev–Trinajstić information content (AvgIpc) is 2.37. The van der Waals surface area contributed by atoms with Crippen molar-refractivity contribution in [2.24, 2.45) is 10.9 Å². The minimum Gasteiger partial charge on any atom is -0.861 e. The molecule has 10 nitrogen and oxygen atoms in total. The molecule has 1 aromatic rings. The van der Waals surface area contributed by atoms with Gasteiger partial charge in [-0.25, -0.2) is 4.79 Å². The predicted octanol–water partition coefficient (Wildman–Crippen LogP) is -4.03. The summed E-state index contributed by atoms with van der Waals surface area (Å²) in [6.45, 7) is 0. The Morgan fingerprint density at radius 3 is 2.32 bits per heavy atom. The molecule has 0 unspecified atom stereocenters. The van der Waals surface area contributed by atoms with E-state index in [1.807, 2.05) is 0 Å². The molecule has 0 bridgehead atoms. The number of urea groups is 1. The second kappa shape index (κ2) is 7.11. The summed E-state index contributed by atoms with van der Waals surface area (Å²) >= 11 is 0. The van der Waals surface area contributed by atoms with Crippen LogP contribution in [0.3, 0.4) is 0 Å². The largest absolute Gasteiger partial charge is 1.00 e. The van der Waals surface area contributed by atoms with E-state index in [0.717, 1.165) is 6.07 Å². The van der Waals surface area contributed by atoms with Crippen LogP contribution in [0.5, 0.6) is 0 Å². The first-order chi connectivity index (χ1) is 9.88. The summed E-state index contributed by atoms with van der Waals surface area (Å²) < 4.78 is 0. The van der Waals surface area contributed by atoms with Crippen LogP contribution in [0.15, 0.2) is 29.3 Å². The van der Waals surface area contributed by atoms with Crippen molar-refractivity contribution in [2.45, 2.75) is 0 Å². The zero-order valence-corrected chi connectivity index (χ0v) is 13.2. The Balaban J connectivity index is 0.00000242. The van der Waals surface area contributed by atoms with Crippen LogP contribution in [0.1, 0.15) is 0 Å².